The van der Waals surface area contributed by atoms with Crippen LogP contribution in [0.25, 0.3) is 0 Å². The molecule has 1 aromatic carbocycles. The second-order valence-corrected chi connectivity index (χ2v) is 30.2. The van der Waals surface area contributed by atoms with Crippen molar-refractivity contribution in [2.24, 2.45) is 59.2 Å². The molecule has 0 unspecified atom stereocenters. The summed E-state index contributed by atoms with van der Waals surface area (Å²) in [6.45, 7) is 29.2. The molecule has 104 heavy (non-hydrogen) atoms. The molecule has 0 saturated heterocycles. The second kappa shape index (κ2) is 46.4. The zero-order valence-electron chi connectivity index (χ0n) is 67.6. The third-order valence-corrected chi connectivity index (χ3v) is 19.3. The van der Waals surface area contributed by atoms with Gasteiger partial charge in [-0.25, -0.2) is 9.59 Å². The number of nitrogens with one attached hydrogen (secondary N) is 1. The molecule has 0 heterocycles. The summed E-state index contributed by atoms with van der Waals surface area (Å²) in [7, 11) is 13.2. The quantitative estimate of drug-likeness (QED) is 0.0364. The molecule has 0 aliphatic carbocycles. The van der Waals surface area contributed by atoms with Crippen LogP contribution in [-0.4, -0.2) is 249 Å². The summed E-state index contributed by atoms with van der Waals surface area (Å²) in [5.74, 6) is -12.3. The zero-order chi connectivity index (χ0) is 79.9. The van der Waals surface area contributed by atoms with Gasteiger partial charge in [-0.15, -0.1) is 0 Å². The molecule has 26 nitrogen and oxygen atoms in total. The number of carbonyl (C=O) groups is 13. The number of allylic oxidation sites excluding steroid dienone is 2. The second-order valence-electron chi connectivity index (χ2n) is 30.2. The summed E-state index contributed by atoms with van der Waals surface area (Å²) in [5.41, 5.74) is 0.743. The SMILES string of the molecule is C/C=C/C[C@@H](C)[C@@H](OC(C)=O)[C@@H](C(=O)N[C@@H](CC)C(=O)OCCN(C)C(C)=O)N(C)C(=O)[C@H](C(C)C)N(C)C(=O)[C@H](CC(C)C)N(C)C(=O)[C@H](CC(C)C)N(C)C(=O)[C@@H](C)CC(=O)[C@H](C)CC(=O)[C@H](CC(C)C)N(C)C(=O)[C@@H](CC(=O)[C@H](C(COC)COC)N(C)C(=O)OCc1ccccc1)C(C)C. The highest BCUT2D eigenvalue weighted by Crippen LogP contribution is 2.30. The topological polar surface area (TPSA) is 303 Å². The molecule has 1 aromatic rings. The highest BCUT2D eigenvalue weighted by atomic mass is 16.6. The lowest BCUT2D eigenvalue weighted by atomic mass is 9.83. The van der Waals surface area contributed by atoms with Gasteiger partial charge >= 0.3 is 18.0 Å². The third kappa shape index (κ3) is 29.4. The Kier molecular flexibility index (Phi) is 42.1. The summed E-state index contributed by atoms with van der Waals surface area (Å²) < 4.78 is 27.9. The van der Waals surface area contributed by atoms with Crippen molar-refractivity contribution in [1.29, 1.82) is 0 Å². The average Bonchev–Trinajstić information content (AvgIpc) is 0.798. The minimum Gasteiger partial charge on any atom is -0.462 e. The molecule has 8 amide bonds. The number of hydrogen-bond acceptors (Lipinski definition) is 18. The lowest BCUT2D eigenvalue weighted by Gasteiger charge is -2.42. The number of likely N-dealkylation sites (N-methyl/N-ethyl adjacent to an activating group) is 7. The number of carbonyl (C=O) groups excluding carboxylic acids is 13. The van der Waals surface area contributed by atoms with Gasteiger partial charge in [0.25, 0.3) is 0 Å². The minimum atomic E-state index is -1.56. The van der Waals surface area contributed by atoms with Gasteiger partial charge in [-0.3, -0.25) is 52.7 Å². The Bertz CT molecular complexity index is 2990. The van der Waals surface area contributed by atoms with Crippen molar-refractivity contribution in [2.45, 2.75) is 224 Å². The molecule has 1 rings (SSSR count). The summed E-state index contributed by atoms with van der Waals surface area (Å²) in [5, 5.41) is 2.71. The van der Waals surface area contributed by atoms with E-state index in [2.05, 4.69) is 5.32 Å². The van der Waals surface area contributed by atoms with Gasteiger partial charge in [-0.1, -0.05) is 139 Å². The van der Waals surface area contributed by atoms with Crippen LogP contribution in [0, 0.1) is 59.2 Å². The molecule has 26 heteroatoms. The summed E-state index contributed by atoms with van der Waals surface area (Å²) in [6, 6.07) is 0.552. The molecule has 0 radical (unpaired) electrons. The Morgan fingerprint density at radius 2 is 1.01 bits per heavy atom. The summed E-state index contributed by atoms with van der Waals surface area (Å²) >= 11 is 0. The first-order chi connectivity index (χ1) is 48.5. The van der Waals surface area contributed by atoms with Crippen molar-refractivity contribution in [3.63, 3.8) is 0 Å². The lowest BCUT2D eigenvalue weighted by Crippen LogP contribution is -2.63. The van der Waals surface area contributed by atoms with Crippen molar-refractivity contribution in [3.05, 3.63) is 48.0 Å². The van der Waals surface area contributed by atoms with Crippen LogP contribution in [0.2, 0.25) is 0 Å². The lowest BCUT2D eigenvalue weighted by molar-refractivity contribution is -0.164. The number of Topliss-reactive ketones (excluding diaryl/α,β-unsaturated/α-hetero) is 3. The molecule has 0 bridgehead atoms. The van der Waals surface area contributed by atoms with Gasteiger partial charge < -0.3 is 63.3 Å². The Morgan fingerprint density at radius 1 is 0.519 bits per heavy atom. The van der Waals surface area contributed by atoms with E-state index >= 15 is 14.4 Å². The Hall–Kier alpha value is -7.61. The molecular formula is C78H130N8O18. The van der Waals surface area contributed by atoms with E-state index in [4.69, 9.17) is 23.7 Å². The van der Waals surface area contributed by atoms with E-state index in [1.165, 1.54) is 99.8 Å². The summed E-state index contributed by atoms with van der Waals surface area (Å²) in [6.07, 6.45) is 1.59. The van der Waals surface area contributed by atoms with Gasteiger partial charge in [-0.05, 0) is 80.1 Å². The van der Waals surface area contributed by atoms with E-state index in [1.54, 1.807) is 87.6 Å². The Morgan fingerprint density at radius 3 is 1.48 bits per heavy atom. The van der Waals surface area contributed by atoms with Gasteiger partial charge in [-0.2, -0.15) is 0 Å². The van der Waals surface area contributed by atoms with Crippen molar-refractivity contribution >= 4 is 76.7 Å². The average molecular weight is 1470 g/mol. The number of hydrogen-bond donors (Lipinski definition) is 1. The van der Waals surface area contributed by atoms with Crippen molar-refractivity contribution < 1.29 is 86.0 Å². The first kappa shape index (κ1) is 94.4. The highest BCUT2D eigenvalue weighted by molar-refractivity contribution is 5.99. The molecule has 0 fully saturated rings. The normalized spacial score (nSPS) is 15.2. The number of benzene rings is 1. The van der Waals surface area contributed by atoms with Crippen LogP contribution < -0.4 is 5.32 Å². The highest BCUT2D eigenvalue weighted by Gasteiger charge is 2.47. The van der Waals surface area contributed by atoms with Crippen LogP contribution in [-0.2, 0) is 87.8 Å². The van der Waals surface area contributed by atoms with E-state index in [1.807, 2.05) is 65.8 Å². The first-order valence-corrected chi connectivity index (χ1v) is 36.8. The number of ether oxygens (including phenoxy) is 5. The van der Waals surface area contributed by atoms with Crippen LogP contribution >= 0.6 is 0 Å². The number of amides is 8. The predicted octanol–water partition coefficient (Wildman–Crippen LogP) is 8.33. The van der Waals surface area contributed by atoms with Crippen LogP contribution in [0.4, 0.5) is 4.79 Å². The Labute approximate surface area is 621 Å². The zero-order valence-corrected chi connectivity index (χ0v) is 67.6. The molecule has 590 valence electrons. The molecule has 12 atom stereocenters. The number of ketones is 3. The van der Waals surface area contributed by atoms with Crippen LogP contribution in [0.3, 0.4) is 0 Å². The van der Waals surface area contributed by atoms with Crippen molar-refractivity contribution in [1.82, 2.24) is 39.6 Å². The molecule has 0 aromatic heterocycles. The number of methoxy groups -OCH3 is 2. The van der Waals surface area contributed by atoms with E-state index in [9.17, 15) is 47.9 Å². The fourth-order valence-electron chi connectivity index (χ4n) is 12.9. The van der Waals surface area contributed by atoms with Gasteiger partial charge in [0.05, 0.1) is 25.8 Å². The number of esters is 2. The predicted molar refractivity (Wildman–Crippen MR) is 398 cm³/mol. The molecule has 0 aliphatic heterocycles. The third-order valence-electron chi connectivity index (χ3n) is 19.3. The van der Waals surface area contributed by atoms with E-state index in [-0.39, 0.29) is 102 Å². The molecule has 0 aliphatic rings. The van der Waals surface area contributed by atoms with Crippen molar-refractivity contribution in [3.8, 4) is 0 Å². The largest absolute Gasteiger partial charge is 0.462 e. The number of nitrogens with zero attached hydrogens (tertiary/aromatic N) is 7. The standard InChI is InChI=1S/C78H130N8O18/c1-27-29-33-52(13)70(104-56(17)88)69(71(92)79-60(28-2)77(98)102-37-36-80(18)55(16)87)85(23)76(97)67(51(11)12)84(22)75(96)63(40-49(7)8)83(21)74(95)62(39-48(5)6)82(20)72(93)54(15)42-64(89)53(14)41-65(90)61(38-47(3)4)81(19)73(94)59(50(9)10)43-66(91)68(58(45-100-25)46-101-26)86(24)78(99)103-44-57-34-31-30-32-35-57/h27,29-32,34-35,47-54,58-63,67-70H,28,33,36-46H2,1-26H3,(H,79,92)/b29-27+/t52-,53-,54+,59+,60+,61+,62+,63+,67+,68+,69+,70-/m1/s1. The van der Waals surface area contributed by atoms with E-state index in [0.29, 0.717) is 6.42 Å². The maximum absolute atomic E-state index is 15.3. The van der Waals surface area contributed by atoms with Gasteiger partial charge in [0.15, 0.2) is 11.6 Å². The van der Waals surface area contributed by atoms with E-state index < -0.39 is 161 Å². The van der Waals surface area contributed by atoms with Crippen molar-refractivity contribution in [2.75, 3.05) is 89.9 Å². The van der Waals surface area contributed by atoms with Crippen LogP contribution in [0.5, 0.6) is 0 Å². The van der Waals surface area contributed by atoms with Crippen LogP contribution in [0.1, 0.15) is 175 Å². The molecular weight excluding hydrogens is 1340 g/mol. The Balaban J connectivity index is 3.68. The molecule has 0 spiro atoms. The van der Waals surface area contributed by atoms with Gasteiger partial charge in [0.1, 0.15) is 61.4 Å². The molecule has 0 saturated carbocycles. The number of rotatable bonds is 47. The first-order valence-electron chi connectivity index (χ1n) is 36.8. The summed E-state index contributed by atoms with van der Waals surface area (Å²) in [4.78, 5) is 194. The van der Waals surface area contributed by atoms with Gasteiger partial charge in [0, 0.05) is 120 Å². The maximum Gasteiger partial charge on any atom is 0.410 e. The van der Waals surface area contributed by atoms with E-state index in [0.717, 1.165) is 10.5 Å². The molecule has 1 N–H and O–H groups in total. The fraction of sp³-hybridized carbons (Fsp3) is 0.731. The van der Waals surface area contributed by atoms with Crippen LogP contribution in [0.15, 0.2) is 42.5 Å². The minimum absolute atomic E-state index is 0.0434. The fourth-order valence-corrected chi connectivity index (χ4v) is 12.9. The van der Waals surface area contributed by atoms with Gasteiger partial charge in [0.2, 0.25) is 41.4 Å². The maximum atomic E-state index is 15.3. The smallest absolute Gasteiger partial charge is 0.410 e. The monoisotopic (exact) mass is 1470 g/mol.